The van der Waals surface area contributed by atoms with Gasteiger partial charge in [-0.25, -0.2) is 0 Å². The number of hydrogen-bond acceptors (Lipinski definition) is 5. The Morgan fingerprint density at radius 3 is 2.53 bits per heavy atom. The molecular weight excluding hydrogens is 219 g/mol. The van der Waals surface area contributed by atoms with Gasteiger partial charge in [0, 0.05) is 0 Å². The van der Waals surface area contributed by atoms with Gasteiger partial charge in [-0.2, -0.15) is 0 Å². The molecule has 0 bridgehead atoms. The molecule has 5 atom stereocenters. The molecule has 3 aliphatic heterocycles. The van der Waals surface area contributed by atoms with Gasteiger partial charge < -0.3 is 36.0 Å². The molecule has 17 heavy (non-hydrogen) atoms. The second-order valence-electron chi connectivity index (χ2n) is 4.55. The summed E-state index contributed by atoms with van der Waals surface area (Å²) in [4.78, 5) is 0. The van der Waals surface area contributed by atoms with Crippen LogP contribution in [0, 0.1) is 12.3 Å². The summed E-state index contributed by atoms with van der Waals surface area (Å²) in [6.07, 6.45) is 5.26. The first kappa shape index (κ1) is 13.4. The van der Waals surface area contributed by atoms with E-state index < -0.39 is 18.2 Å². The molecule has 0 unspecified atom stereocenters. The van der Waals surface area contributed by atoms with Crippen LogP contribution in [0.5, 0.6) is 0 Å². The first-order valence-corrected chi connectivity index (χ1v) is 5.27. The van der Waals surface area contributed by atoms with E-state index in [-0.39, 0.29) is 44.0 Å². The van der Waals surface area contributed by atoms with E-state index in [9.17, 15) is 0 Å². The van der Waals surface area contributed by atoms with E-state index in [4.69, 9.17) is 30.1 Å². The normalized spacial score (nSPS) is 46.5. The number of rotatable bonds is 0. The van der Waals surface area contributed by atoms with Crippen LogP contribution in [0.25, 0.3) is 0 Å². The van der Waals surface area contributed by atoms with Gasteiger partial charge in [0.1, 0.15) is 31.2 Å². The van der Waals surface area contributed by atoms with Gasteiger partial charge in [0.25, 0.3) is 0 Å². The fourth-order valence-electron chi connectivity index (χ4n) is 2.35. The summed E-state index contributed by atoms with van der Waals surface area (Å²) in [5.41, 5.74) is 0. The van der Waals surface area contributed by atoms with E-state index in [1.165, 1.54) is 0 Å². The Morgan fingerprint density at radius 2 is 1.82 bits per heavy atom. The Morgan fingerprint density at radius 1 is 1.12 bits per heavy atom. The quantitative estimate of drug-likeness (QED) is 0.256. The Balaban J connectivity index is 0.00000108. The Hall–Kier alpha value is -0.0426. The smallest absolute Gasteiger partial charge is 0.691 e. The van der Waals surface area contributed by atoms with Crippen molar-refractivity contribution in [1.29, 1.82) is 0 Å². The molecule has 0 aromatic heterocycles. The number of fused-ring (bicyclic) bond motifs is 3. The van der Waals surface area contributed by atoms with E-state index in [1.54, 1.807) is 0 Å². The predicted octanol–water partition coefficient (Wildman–Crippen LogP) is -2.80. The summed E-state index contributed by atoms with van der Waals surface area (Å²) in [7, 11) is 0. The molecule has 0 saturated carbocycles. The van der Waals surface area contributed by atoms with Gasteiger partial charge in [-0.15, -0.1) is 0 Å². The van der Waals surface area contributed by atoms with Gasteiger partial charge in [-0.3, -0.25) is 0 Å². The summed E-state index contributed by atoms with van der Waals surface area (Å²) in [5.74, 6) is 1.61. The van der Waals surface area contributed by atoms with Crippen LogP contribution in [0.1, 0.15) is 13.8 Å². The second kappa shape index (κ2) is 4.57. The molecule has 3 heterocycles. The van der Waals surface area contributed by atoms with Crippen LogP contribution in [0.15, 0.2) is 0 Å². The molecule has 0 aromatic carbocycles. The van der Waals surface area contributed by atoms with Crippen molar-refractivity contribution >= 4 is 0 Å². The Kier molecular flexibility index (Phi) is 3.60. The standard InChI is InChI=1S/C11H13O5.Li/c1-4-6-7-8(13-5-12-7)9-10(14-6)16-11(2,3)15-9;/h6-10H,5H2,2-3H3;/q-1;+1/t6-,7+,8+,9-,10-;/m1./s1. The SMILES string of the molecule is [C-]#C[C@H]1O[C@@H]2OC(C)(C)O[C@@H]2[C@H]2OCO[C@H]21.[Li+]. The van der Waals surface area contributed by atoms with E-state index in [2.05, 4.69) is 5.92 Å². The fraction of sp³-hybridized carbons (Fsp3) is 0.818. The molecule has 0 spiro atoms. The largest absolute Gasteiger partial charge is 1.00 e. The molecule has 3 aliphatic rings. The van der Waals surface area contributed by atoms with E-state index in [0.717, 1.165) is 0 Å². The zero-order valence-corrected chi connectivity index (χ0v) is 10.1. The molecule has 5 nitrogen and oxygen atoms in total. The van der Waals surface area contributed by atoms with Crippen molar-refractivity contribution in [3.63, 3.8) is 0 Å². The Labute approximate surface area is 112 Å². The third kappa shape index (κ3) is 2.16. The molecule has 0 radical (unpaired) electrons. The van der Waals surface area contributed by atoms with Gasteiger partial charge in [-0.1, -0.05) is 0 Å². The number of hydrogen-bond donors (Lipinski definition) is 0. The molecule has 6 heteroatoms. The minimum Gasteiger partial charge on any atom is -0.691 e. The van der Waals surface area contributed by atoms with Gasteiger partial charge in [0.05, 0.1) is 0 Å². The second-order valence-corrected chi connectivity index (χ2v) is 4.55. The summed E-state index contributed by atoms with van der Waals surface area (Å²) in [5, 5.41) is 0. The van der Waals surface area contributed by atoms with Gasteiger partial charge >= 0.3 is 18.9 Å². The molecule has 3 rings (SSSR count). The predicted molar refractivity (Wildman–Crippen MR) is 50.4 cm³/mol. The molecule has 0 N–H and O–H groups in total. The minimum atomic E-state index is -0.692. The summed E-state index contributed by atoms with van der Waals surface area (Å²) in [6.45, 7) is 3.84. The van der Waals surface area contributed by atoms with Crippen LogP contribution in [0.4, 0.5) is 0 Å². The summed E-state index contributed by atoms with van der Waals surface area (Å²) < 4.78 is 27.7. The van der Waals surface area contributed by atoms with Crippen molar-refractivity contribution < 1.29 is 42.5 Å². The van der Waals surface area contributed by atoms with E-state index in [0.29, 0.717) is 0 Å². The molecular formula is C11H13LiO5. The minimum absolute atomic E-state index is 0. The molecule has 0 aliphatic carbocycles. The van der Waals surface area contributed by atoms with Crippen LogP contribution in [0.2, 0.25) is 0 Å². The first-order chi connectivity index (χ1) is 7.61. The number of ether oxygens (including phenoxy) is 5. The van der Waals surface area contributed by atoms with Crippen LogP contribution in [0.3, 0.4) is 0 Å². The van der Waals surface area contributed by atoms with Crippen molar-refractivity contribution in [3.8, 4) is 5.92 Å². The maximum atomic E-state index is 7.19. The van der Waals surface area contributed by atoms with Gasteiger partial charge in [-0.05, 0) is 13.8 Å². The summed E-state index contributed by atoms with van der Waals surface area (Å²) in [6, 6.07) is 0. The molecule has 88 valence electrons. The fourth-order valence-corrected chi connectivity index (χ4v) is 2.35. The van der Waals surface area contributed by atoms with Crippen LogP contribution in [-0.2, 0) is 23.7 Å². The zero-order valence-electron chi connectivity index (χ0n) is 10.1. The first-order valence-electron chi connectivity index (χ1n) is 5.27. The monoisotopic (exact) mass is 232 g/mol. The van der Waals surface area contributed by atoms with Gasteiger partial charge in [0.15, 0.2) is 12.1 Å². The maximum Gasteiger partial charge on any atom is 1.00 e. The molecule has 3 saturated heterocycles. The van der Waals surface area contributed by atoms with E-state index >= 15 is 0 Å². The van der Waals surface area contributed by atoms with E-state index in [1.807, 2.05) is 13.8 Å². The van der Waals surface area contributed by atoms with Crippen molar-refractivity contribution in [2.24, 2.45) is 0 Å². The van der Waals surface area contributed by atoms with Crippen molar-refractivity contribution in [1.82, 2.24) is 0 Å². The third-order valence-corrected chi connectivity index (χ3v) is 2.98. The van der Waals surface area contributed by atoms with Crippen LogP contribution < -0.4 is 18.9 Å². The molecule has 0 aromatic rings. The van der Waals surface area contributed by atoms with Crippen LogP contribution >= 0.6 is 0 Å². The zero-order chi connectivity index (χ0) is 11.3. The topological polar surface area (TPSA) is 46.2 Å². The molecule has 0 amide bonds. The summed E-state index contributed by atoms with van der Waals surface area (Å²) >= 11 is 0. The maximum absolute atomic E-state index is 7.19. The van der Waals surface area contributed by atoms with Crippen molar-refractivity contribution in [3.05, 3.63) is 6.42 Å². The Bertz CT molecular complexity index is 339. The third-order valence-electron chi connectivity index (χ3n) is 2.98. The average Bonchev–Trinajstić information content (AvgIpc) is 2.78. The van der Waals surface area contributed by atoms with Crippen LogP contribution in [-0.4, -0.2) is 43.3 Å². The molecule has 3 fully saturated rings. The van der Waals surface area contributed by atoms with Crippen molar-refractivity contribution in [2.75, 3.05) is 6.79 Å². The van der Waals surface area contributed by atoms with Crippen molar-refractivity contribution in [2.45, 2.75) is 50.3 Å². The average molecular weight is 232 g/mol. The van der Waals surface area contributed by atoms with Gasteiger partial charge in [0.2, 0.25) is 0 Å².